The predicted octanol–water partition coefficient (Wildman–Crippen LogP) is 0.614. The lowest BCUT2D eigenvalue weighted by atomic mass is 10.4. The largest absolute Gasteiger partial charge is 1.00 e. The van der Waals surface area contributed by atoms with Crippen LogP contribution in [0.5, 0.6) is 0 Å². The van der Waals surface area contributed by atoms with Gasteiger partial charge in [0.15, 0.2) is 0 Å². The number of halogens is 1. The molecule has 0 radical (unpaired) electrons. The van der Waals surface area contributed by atoms with Crippen molar-refractivity contribution in [3.8, 4) is 0 Å². The third kappa shape index (κ3) is 3.20. The molecule has 0 fully saturated rings. The van der Waals surface area contributed by atoms with Crippen molar-refractivity contribution in [3.63, 3.8) is 0 Å². The van der Waals surface area contributed by atoms with E-state index in [1.807, 2.05) is 91.0 Å². The van der Waals surface area contributed by atoms with Gasteiger partial charge in [-0.2, -0.15) is 0 Å². The summed E-state index contributed by atoms with van der Waals surface area (Å²) in [7, 11) is -2.74. The van der Waals surface area contributed by atoms with Crippen molar-refractivity contribution in [2.45, 2.75) is 0 Å². The standard InChI is InChI=1S/C19H18P.HI/c1-20(17-11-5-2-6-12-17,18-13-7-3-8-14-18)19-15-9-4-10-16-19;/h2-16H,1H3;1H/q+1;/p-1/i1+1D3;. The minimum absolute atomic E-state index is 0. The van der Waals surface area contributed by atoms with Gasteiger partial charge >= 0.3 is 0 Å². The van der Waals surface area contributed by atoms with Crippen molar-refractivity contribution in [1.29, 1.82) is 0 Å². The molecule has 3 rings (SSSR count). The molecule has 0 heterocycles. The van der Waals surface area contributed by atoms with Gasteiger partial charge in [-0.25, -0.2) is 0 Å². The Labute approximate surface area is 148 Å². The second-order valence-corrected chi connectivity index (χ2v) is 7.57. The fourth-order valence-electron chi connectivity index (χ4n) is 2.40. The van der Waals surface area contributed by atoms with E-state index in [1.165, 1.54) is 0 Å². The zero-order chi connectivity index (χ0) is 16.3. The molecule has 0 aliphatic heterocycles. The molecule has 0 N–H and O–H groups in total. The smallest absolute Gasteiger partial charge is 0.109 e. The molecule has 106 valence electrons. The average Bonchev–Trinajstić information content (AvgIpc) is 2.57. The summed E-state index contributed by atoms with van der Waals surface area (Å²) < 4.78 is 25.3. The molecule has 2 heteroatoms. The van der Waals surface area contributed by atoms with Crippen molar-refractivity contribution >= 4 is 23.2 Å². The van der Waals surface area contributed by atoms with E-state index in [2.05, 4.69) is 0 Å². The highest BCUT2D eigenvalue weighted by Gasteiger charge is 2.39. The maximum atomic E-state index is 8.43. The van der Waals surface area contributed by atoms with Crippen molar-refractivity contribution in [1.82, 2.24) is 0 Å². The molecule has 0 bridgehead atoms. The van der Waals surface area contributed by atoms with Crippen LogP contribution in [0.4, 0.5) is 0 Å². The lowest BCUT2D eigenvalue weighted by molar-refractivity contribution is -0.00000390. The summed E-state index contributed by atoms with van der Waals surface area (Å²) in [5.41, 5.74) is 0. The van der Waals surface area contributed by atoms with Crippen LogP contribution >= 0.6 is 7.26 Å². The first-order valence-corrected chi connectivity index (χ1v) is 8.42. The molecule has 0 aliphatic carbocycles. The molecule has 0 amide bonds. The highest BCUT2D eigenvalue weighted by atomic mass is 127. The molecule has 0 atom stereocenters. The van der Waals surface area contributed by atoms with Gasteiger partial charge in [-0.1, -0.05) is 54.6 Å². The van der Waals surface area contributed by atoms with Crippen LogP contribution < -0.4 is 39.9 Å². The van der Waals surface area contributed by atoms with Gasteiger partial charge in [0.05, 0.1) is 10.7 Å². The fraction of sp³-hybridized carbons (Fsp3) is 0.0526. The molecule has 0 spiro atoms. The van der Waals surface area contributed by atoms with Gasteiger partial charge in [-0.05, 0) is 36.4 Å². The molecule has 0 aliphatic rings. The summed E-state index contributed by atoms with van der Waals surface area (Å²) >= 11 is 0. The Hall–Kier alpha value is -1.18. The second kappa shape index (κ2) is 7.20. The summed E-state index contributed by atoms with van der Waals surface area (Å²) in [6.45, 7) is -2.11. The highest BCUT2D eigenvalue weighted by Crippen LogP contribution is 2.51. The first-order valence-electron chi connectivity index (χ1n) is 8.13. The topological polar surface area (TPSA) is 0 Å². The SMILES string of the molecule is [2H][13C]([2H])([2H])[P+](c1ccccc1)(c1ccccc1)c1ccccc1.[I-]. The van der Waals surface area contributed by atoms with Crippen molar-refractivity contribution < 1.29 is 28.1 Å². The quantitative estimate of drug-likeness (QED) is 0.339. The average molecular weight is 408 g/mol. The Bertz CT molecular complexity index is 662. The minimum atomic E-state index is -2.74. The summed E-state index contributed by atoms with van der Waals surface area (Å²) in [5, 5.41) is 2.66. The van der Waals surface area contributed by atoms with Gasteiger partial charge < -0.3 is 24.0 Å². The van der Waals surface area contributed by atoms with E-state index < -0.39 is 13.9 Å². The van der Waals surface area contributed by atoms with Crippen LogP contribution in [0, 0.1) is 0 Å². The molecule has 21 heavy (non-hydrogen) atoms. The molecule has 3 aromatic rings. The number of hydrogen-bond donors (Lipinski definition) is 0. The third-order valence-electron chi connectivity index (χ3n) is 3.43. The first-order chi connectivity index (χ1) is 11.1. The van der Waals surface area contributed by atoms with Crippen molar-refractivity contribution in [3.05, 3.63) is 91.0 Å². The van der Waals surface area contributed by atoms with Crippen LogP contribution in [0.3, 0.4) is 0 Å². The Morgan fingerprint density at radius 2 is 0.857 bits per heavy atom. The fourth-order valence-corrected chi connectivity index (χ4v) is 5.15. The maximum Gasteiger partial charge on any atom is 0.109 e. The van der Waals surface area contributed by atoms with Crippen molar-refractivity contribution in [2.75, 3.05) is 6.59 Å². The zero-order valence-electron chi connectivity index (χ0n) is 14.5. The van der Waals surface area contributed by atoms with Gasteiger partial charge in [-0.3, -0.25) is 0 Å². The Morgan fingerprint density at radius 1 is 0.571 bits per heavy atom. The lowest BCUT2D eigenvalue weighted by Crippen LogP contribution is -3.00. The molecule has 3 aromatic carbocycles. The van der Waals surface area contributed by atoms with Gasteiger partial charge in [-0.15, -0.1) is 0 Å². The number of benzene rings is 3. The summed E-state index contributed by atoms with van der Waals surface area (Å²) in [4.78, 5) is 0. The van der Waals surface area contributed by atoms with Crippen LogP contribution in [0.1, 0.15) is 4.11 Å². The lowest BCUT2D eigenvalue weighted by Gasteiger charge is -2.22. The Morgan fingerprint density at radius 3 is 1.10 bits per heavy atom. The van der Waals surface area contributed by atoms with Gasteiger partial charge in [0, 0.05) is 0 Å². The highest BCUT2D eigenvalue weighted by molar-refractivity contribution is 7.95. The molecular formula is C19H18IP. The molecule has 0 saturated carbocycles. The Balaban J connectivity index is 0.00000208. The predicted molar refractivity (Wildman–Crippen MR) is 91.1 cm³/mol. The third-order valence-corrected chi connectivity index (χ3v) is 6.65. The van der Waals surface area contributed by atoms with E-state index >= 15 is 0 Å². The van der Waals surface area contributed by atoms with Crippen LogP contribution in [0.2, 0.25) is 0 Å². The van der Waals surface area contributed by atoms with E-state index in [4.69, 9.17) is 4.11 Å². The Kier molecular flexibility index (Phi) is 4.24. The summed E-state index contributed by atoms with van der Waals surface area (Å²) in [5.74, 6) is 0. The summed E-state index contributed by atoms with van der Waals surface area (Å²) in [6.07, 6.45) is 0. The van der Waals surface area contributed by atoms with Gasteiger partial charge in [0.25, 0.3) is 0 Å². The van der Waals surface area contributed by atoms with E-state index in [-0.39, 0.29) is 24.0 Å². The maximum absolute atomic E-state index is 8.43. The minimum Gasteiger partial charge on any atom is -1.00 e. The van der Waals surface area contributed by atoms with Crippen LogP contribution in [0.15, 0.2) is 91.0 Å². The normalized spacial score (nSPS) is 13.4. The number of rotatable bonds is 3. The monoisotopic (exact) mass is 408 g/mol. The van der Waals surface area contributed by atoms with Crippen molar-refractivity contribution in [2.24, 2.45) is 0 Å². The molecule has 0 unspecified atom stereocenters. The van der Waals surface area contributed by atoms with Gasteiger partial charge in [0.1, 0.15) is 23.2 Å². The first kappa shape index (κ1) is 12.4. The van der Waals surface area contributed by atoms with E-state index in [9.17, 15) is 0 Å². The van der Waals surface area contributed by atoms with Gasteiger partial charge in [0.2, 0.25) is 0 Å². The molecule has 0 aromatic heterocycles. The van der Waals surface area contributed by atoms with E-state index in [0.29, 0.717) is 0 Å². The molecular weight excluding hydrogens is 387 g/mol. The van der Waals surface area contributed by atoms with Crippen LogP contribution in [0.25, 0.3) is 0 Å². The van der Waals surface area contributed by atoms with E-state index in [1.54, 1.807) is 0 Å². The van der Waals surface area contributed by atoms with Crippen LogP contribution in [-0.2, 0) is 0 Å². The molecule has 0 nitrogen and oxygen atoms in total. The molecule has 0 saturated heterocycles. The number of hydrogen-bond acceptors (Lipinski definition) is 0. The second-order valence-electron chi connectivity index (χ2n) is 4.68. The van der Waals surface area contributed by atoms with E-state index in [0.717, 1.165) is 15.9 Å². The zero-order valence-corrected chi connectivity index (χ0v) is 14.5. The van der Waals surface area contributed by atoms with Crippen LogP contribution in [-0.4, -0.2) is 6.59 Å². The summed E-state index contributed by atoms with van der Waals surface area (Å²) in [6, 6.07) is 29.0.